The van der Waals surface area contributed by atoms with Gasteiger partial charge in [-0.05, 0) is 42.9 Å². The van der Waals surface area contributed by atoms with Crippen LogP contribution in [-0.2, 0) is 12.8 Å². The molecule has 2 rings (SSSR count). The van der Waals surface area contributed by atoms with Crippen LogP contribution in [0.25, 0.3) is 0 Å². The van der Waals surface area contributed by atoms with Gasteiger partial charge >= 0.3 is 0 Å². The van der Waals surface area contributed by atoms with Gasteiger partial charge in [0.1, 0.15) is 0 Å². The van der Waals surface area contributed by atoms with Crippen LogP contribution in [0.1, 0.15) is 40.6 Å². The molecular weight excluding hydrogens is 290 g/mol. The third-order valence-electron chi connectivity index (χ3n) is 3.63. The van der Waals surface area contributed by atoms with Crippen LogP contribution in [0.2, 0.25) is 0 Å². The Morgan fingerprint density at radius 1 is 1.55 bits per heavy atom. The molecule has 1 amide bonds. The fraction of sp³-hybridized carbons (Fsp3) is 0.667. The number of thiophene rings is 1. The fourth-order valence-electron chi connectivity index (χ4n) is 2.47. The van der Waals surface area contributed by atoms with E-state index in [9.17, 15) is 4.79 Å². The van der Waals surface area contributed by atoms with E-state index >= 15 is 0 Å². The Morgan fingerprint density at radius 3 is 3.20 bits per heavy atom. The summed E-state index contributed by atoms with van der Waals surface area (Å²) >= 11 is 3.51. The maximum atomic E-state index is 12.2. The number of carbonyl (C=O) groups is 1. The van der Waals surface area contributed by atoms with E-state index in [1.54, 1.807) is 23.1 Å². The molecule has 0 saturated heterocycles. The third kappa shape index (κ3) is 4.24. The van der Waals surface area contributed by atoms with Crippen LogP contribution in [0, 0.1) is 5.92 Å². The van der Waals surface area contributed by atoms with Crippen LogP contribution >= 0.6 is 23.1 Å². The highest BCUT2D eigenvalue weighted by Crippen LogP contribution is 2.32. The zero-order chi connectivity index (χ0) is 14.4. The smallest absolute Gasteiger partial charge is 0.252 e. The van der Waals surface area contributed by atoms with Crippen LogP contribution in [0.5, 0.6) is 0 Å². The molecule has 1 aromatic heterocycles. The molecule has 3 nitrogen and oxygen atoms in total. The summed E-state index contributed by atoms with van der Waals surface area (Å²) in [5, 5.41) is 13.7. The molecule has 0 bridgehead atoms. The van der Waals surface area contributed by atoms with Crippen molar-refractivity contribution in [3.05, 3.63) is 21.4 Å². The number of hydrogen-bond acceptors (Lipinski definition) is 4. The maximum Gasteiger partial charge on any atom is 0.252 e. The molecule has 1 atom stereocenters. The Morgan fingerprint density at radius 2 is 2.40 bits per heavy atom. The van der Waals surface area contributed by atoms with Crippen LogP contribution in [0.15, 0.2) is 5.38 Å². The molecule has 0 radical (unpaired) electrons. The molecule has 0 aliphatic heterocycles. The summed E-state index contributed by atoms with van der Waals surface area (Å²) in [5.41, 5.74) is 2.19. The van der Waals surface area contributed by atoms with E-state index in [2.05, 4.69) is 12.2 Å². The lowest BCUT2D eigenvalue weighted by atomic mass is 9.88. The number of aliphatic hydroxyl groups excluding tert-OH is 1. The third-order valence-corrected chi connectivity index (χ3v) is 5.75. The topological polar surface area (TPSA) is 49.3 Å². The first-order valence-electron chi connectivity index (χ1n) is 7.28. The van der Waals surface area contributed by atoms with Crippen molar-refractivity contribution in [2.45, 2.75) is 32.6 Å². The van der Waals surface area contributed by atoms with Gasteiger partial charge in [-0.15, -0.1) is 11.3 Å². The van der Waals surface area contributed by atoms with Gasteiger partial charge in [0.2, 0.25) is 0 Å². The number of thioether (sulfide) groups is 1. The summed E-state index contributed by atoms with van der Waals surface area (Å²) in [5.74, 6) is 2.70. The predicted molar refractivity (Wildman–Crippen MR) is 86.9 cm³/mol. The lowest BCUT2D eigenvalue weighted by molar-refractivity contribution is 0.0955. The number of rotatable bonds is 7. The molecule has 1 heterocycles. The number of aliphatic hydroxyl groups is 1. The van der Waals surface area contributed by atoms with Gasteiger partial charge in [-0.1, -0.05) is 6.92 Å². The zero-order valence-corrected chi connectivity index (χ0v) is 13.6. The molecule has 0 fully saturated rings. The largest absolute Gasteiger partial charge is 0.396 e. The summed E-state index contributed by atoms with van der Waals surface area (Å²) in [6.07, 6.45) is 4.20. The van der Waals surface area contributed by atoms with E-state index in [0.717, 1.165) is 42.2 Å². The van der Waals surface area contributed by atoms with Gasteiger partial charge in [-0.2, -0.15) is 11.8 Å². The number of hydrogen-bond donors (Lipinski definition) is 2. The highest BCUT2D eigenvalue weighted by molar-refractivity contribution is 7.99. The second-order valence-electron chi connectivity index (χ2n) is 5.34. The maximum absolute atomic E-state index is 12.2. The van der Waals surface area contributed by atoms with E-state index in [4.69, 9.17) is 5.11 Å². The van der Waals surface area contributed by atoms with Crippen molar-refractivity contribution in [1.29, 1.82) is 0 Å². The van der Waals surface area contributed by atoms with Crippen LogP contribution in [0.4, 0.5) is 0 Å². The van der Waals surface area contributed by atoms with E-state index < -0.39 is 0 Å². The minimum Gasteiger partial charge on any atom is -0.396 e. The second kappa shape index (κ2) is 8.05. The first-order chi connectivity index (χ1) is 9.72. The van der Waals surface area contributed by atoms with Crippen LogP contribution in [0.3, 0.4) is 0 Å². The van der Waals surface area contributed by atoms with Gasteiger partial charge in [0.15, 0.2) is 0 Å². The zero-order valence-electron chi connectivity index (χ0n) is 12.0. The first kappa shape index (κ1) is 15.9. The summed E-state index contributed by atoms with van der Waals surface area (Å²) < 4.78 is 0. The normalized spacial score (nSPS) is 17.8. The van der Waals surface area contributed by atoms with Gasteiger partial charge in [0, 0.05) is 29.2 Å². The minimum atomic E-state index is 0.0832. The van der Waals surface area contributed by atoms with Crippen molar-refractivity contribution in [1.82, 2.24) is 5.32 Å². The van der Waals surface area contributed by atoms with Crippen molar-refractivity contribution >= 4 is 29.0 Å². The molecule has 0 aromatic carbocycles. The highest BCUT2D eigenvalue weighted by Gasteiger charge is 2.22. The number of fused-ring (bicyclic) bond motifs is 1. The number of nitrogens with one attached hydrogen (secondary N) is 1. The van der Waals surface area contributed by atoms with Crippen LogP contribution in [-0.4, -0.2) is 35.7 Å². The molecule has 1 aliphatic rings. The standard InChI is InChI=1S/C15H23NO2S2/c1-11-3-4-12-13(10-20-14(12)9-11)15(18)16-5-8-19-7-2-6-17/h10-11,17H,2-9H2,1H3,(H,16,18). The molecule has 1 aromatic rings. The lowest BCUT2D eigenvalue weighted by Gasteiger charge is -2.18. The van der Waals surface area contributed by atoms with Gasteiger partial charge in [-0.25, -0.2) is 0 Å². The molecule has 2 N–H and O–H groups in total. The van der Waals surface area contributed by atoms with Crippen molar-refractivity contribution in [3.8, 4) is 0 Å². The number of carbonyl (C=O) groups excluding carboxylic acids is 1. The monoisotopic (exact) mass is 313 g/mol. The van der Waals surface area contributed by atoms with E-state index in [1.165, 1.54) is 16.9 Å². The molecule has 5 heteroatoms. The quantitative estimate of drug-likeness (QED) is 0.761. The van der Waals surface area contributed by atoms with Gasteiger partial charge < -0.3 is 10.4 Å². The molecule has 1 unspecified atom stereocenters. The fourth-order valence-corrected chi connectivity index (χ4v) is 4.50. The number of amides is 1. The summed E-state index contributed by atoms with van der Waals surface area (Å²) in [4.78, 5) is 13.6. The lowest BCUT2D eigenvalue weighted by Crippen LogP contribution is -2.27. The van der Waals surface area contributed by atoms with E-state index in [0.29, 0.717) is 6.54 Å². The molecule has 1 aliphatic carbocycles. The molecular formula is C15H23NO2S2. The van der Waals surface area contributed by atoms with Crippen LogP contribution < -0.4 is 5.32 Å². The van der Waals surface area contributed by atoms with E-state index in [-0.39, 0.29) is 12.5 Å². The molecule has 0 saturated carbocycles. The Bertz CT molecular complexity index is 445. The Labute approximate surface area is 129 Å². The van der Waals surface area contributed by atoms with Gasteiger partial charge in [0.25, 0.3) is 5.91 Å². The Kier molecular flexibility index (Phi) is 6.39. The first-order valence-corrected chi connectivity index (χ1v) is 9.32. The van der Waals surface area contributed by atoms with Gasteiger partial charge in [-0.3, -0.25) is 4.79 Å². The average molecular weight is 313 g/mol. The predicted octanol–water partition coefficient (Wildman–Crippen LogP) is 2.72. The molecule has 112 valence electrons. The van der Waals surface area contributed by atoms with Crippen molar-refractivity contribution < 1.29 is 9.90 Å². The van der Waals surface area contributed by atoms with Crippen molar-refractivity contribution in [2.24, 2.45) is 5.92 Å². The van der Waals surface area contributed by atoms with E-state index in [1.807, 2.05) is 5.38 Å². The summed E-state index contributed by atoms with van der Waals surface area (Å²) in [6, 6.07) is 0. The van der Waals surface area contributed by atoms with Crippen molar-refractivity contribution in [2.75, 3.05) is 24.7 Å². The Hall–Kier alpha value is -0.520. The average Bonchev–Trinajstić information content (AvgIpc) is 2.85. The SMILES string of the molecule is CC1CCc2c(C(=O)NCCSCCCO)csc2C1. The van der Waals surface area contributed by atoms with Gasteiger partial charge in [0.05, 0.1) is 5.56 Å². The molecule has 0 spiro atoms. The highest BCUT2D eigenvalue weighted by atomic mass is 32.2. The minimum absolute atomic E-state index is 0.0832. The summed E-state index contributed by atoms with van der Waals surface area (Å²) in [7, 11) is 0. The second-order valence-corrected chi connectivity index (χ2v) is 7.53. The van der Waals surface area contributed by atoms with Crippen molar-refractivity contribution in [3.63, 3.8) is 0 Å². The Balaban J connectivity index is 1.79. The molecule has 20 heavy (non-hydrogen) atoms. The summed E-state index contributed by atoms with van der Waals surface area (Å²) in [6.45, 7) is 3.24.